The Kier molecular flexibility index (Phi) is 4.93. The molecule has 2 nitrogen and oxygen atoms in total. The molecule has 0 spiro atoms. The fourth-order valence-corrected chi connectivity index (χ4v) is 2.22. The van der Waals surface area contributed by atoms with Gasteiger partial charge in [0.15, 0.2) is 0 Å². The molecule has 104 valence electrons. The van der Waals surface area contributed by atoms with Crippen molar-refractivity contribution in [2.24, 2.45) is 5.73 Å². The van der Waals surface area contributed by atoms with E-state index in [1.54, 1.807) is 30.3 Å². The Morgan fingerprint density at radius 1 is 1.20 bits per heavy atom. The fraction of sp³-hybridized carbons (Fsp3) is 0.133. The van der Waals surface area contributed by atoms with Gasteiger partial charge in [0.2, 0.25) is 0 Å². The maximum Gasteiger partial charge on any atom is 0.123 e. The third kappa shape index (κ3) is 3.92. The summed E-state index contributed by atoms with van der Waals surface area (Å²) in [6, 6.07) is 11.8. The van der Waals surface area contributed by atoms with Crippen LogP contribution in [0.2, 0.25) is 5.02 Å². The van der Waals surface area contributed by atoms with E-state index in [0.717, 1.165) is 23.2 Å². The highest BCUT2D eigenvalue weighted by atomic mass is 35.5. The first-order valence-electron chi connectivity index (χ1n) is 6.14. The summed E-state index contributed by atoms with van der Waals surface area (Å²) in [5.41, 5.74) is 8.30. The summed E-state index contributed by atoms with van der Waals surface area (Å²) in [5.74, 6) is -0.229. The first-order valence-corrected chi connectivity index (χ1v) is 6.92. The summed E-state index contributed by atoms with van der Waals surface area (Å²) in [6.45, 7) is 0.682. The number of nitrogens with one attached hydrogen (secondary N) is 1. The van der Waals surface area contributed by atoms with Crippen LogP contribution < -0.4 is 11.1 Å². The van der Waals surface area contributed by atoms with E-state index in [1.165, 1.54) is 12.1 Å². The summed E-state index contributed by atoms with van der Waals surface area (Å²) in [4.78, 5) is 0.325. The molecule has 0 aliphatic rings. The fourth-order valence-electron chi connectivity index (χ4n) is 1.87. The van der Waals surface area contributed by atoms with E-state index in [0.29, 0.717) is 16.6 Å². The maximum absolute atomic E-state index is 12.8. The summed E-state index contributed by atoms with van der Waals surface area (Å²) in [6.07, 6.45) is 0.767. The molecule has 5 heteroatoms. The van der Waals surface area contributed by atoms with Gasteiger partial charge in [-0.15, -0.1) is 0 Å². The lowest BCUT2D eigenvalue weighted by molar-refractivity contribution is 0.627. The van der Waals surface area contributed by atoms with Crippen LogP contribution in [-0.2, 0) is 6.42 Å². The lowest BCUT2D eigenvalue weighted by Gasteiger charge is -2.11. The molecule has 0 aliphatic carbocycles. The standard InChI is InChI=1S/C15H14ClFN2S/c16-11-3-6-13(15(18)20)14(9-11)19-8-7-10-1-4-12(17)5-2-10/h1-6,9,19H,7-8H2,(H2,18,20). The molecular formula is C15H14ClFN2S. The molecule has 2 aromatic rings. The summed E-state index contributed by atoms with van der Waals surface area (Å²) in [5, 5.41) is 3.87. The van der Waals surface area contributed by atoms with Crippen molar-refractivity contribution in [3.63, 3.8) is 0 Å². The van der Waals surface area contributed by atoms with Crippen LogP contribution in [0.1, 0.15) is 11.1 Å². The van der Waals surface area contributed by atoms with Gasteiger partial charge in [0.05, 0.1) is 0 Å². The predicted octanol–water partition coefficient (Wildman–Crippen LogP) is 3.77. The normalized spacial score (nSPS) is 10.3. The molecule has 0 saturated heterocycles. The van der Waals surface area contributed by atoms with Gasteiger partial charge >= 0.3 is 0 Å². The van der Waals surface area contributed by atoms with Crippen LogP contribution in [0.3, 0.4) is 0 Å². The third-order valence-electron chi connectivity index (χ3n) is 2.89. The lowest BCUT2D eigenvalue weighted by atomic mass is 10.1. The highest BCUT2D eigenvalue weighted by Crippen LogP contribution is 2.21. The molecule has 3 N–H and O–H groups in total. The number of halogens is 2. The number of hydrogen-bond acceptors (Lipinski definition) is 2. The van der Waals surface area contributed by atoms with Crippen LogP contribution in [0, 0.1) is 5.82 Å². The van der Waals surface area contributed by atoms with Gasteiger partial charge in [-0.25, -0.2) is 4.39 Å². The largest absolute Gasteiger partial charge is 0.389 e. The van der Waals surface area contributed by atoms with Crippen molar-refractivity contribution in [1.29, 1.82) is 0 Å². The topological polar surface area (TPSA) is 38.0 Å². The molecule has 0 amide bonds. The number of anilines is 1. The SMILES string of the molecule is NC(=S)c1ccc(Cl)cc1NCCc1ccc(F)cc1. The smallest absolute Gasteiger partial charge is 0.123 e. The molecule has 0 aliphatic heterocycles. The Balaban J connectivity index is 2.02. The molecule has 0 saturated carbocycles. The zero-order valence-corrected chi connectivity index (χ0v) is 12.3. The molecule has 0 radical (unpaired) electrons. The Bertz CT molecular complexity index is 614. The molecule has 2 aromatic carbocycles. The second-order valence-electron chi connectivity index (χ2n) is 4.36. The summed E-state index contributed by atoms with van der Waals surface area (Å²) >= 11 is 11.0. The average Bonchev–Trinajstić information content (AvgIpc) is 2.41. The first kappa shape index (κ1) is 14.8. The second kappa shape index (κ2) is 6.68. The Labute approximate surface area is 127 Å². The van der Waals surface area contributed by atoms with Gasteiger partial charge in [0, 0.05) is 22.8 Å². The summed E-state index contributed by atoms with van der Waals surface area (Å²) in [7, 11) is 0. The van der Waals surface area contributed by atoms with Crippen molar-refractivity contribution < 1.29 is 4.39 Å². The van der Waals surface area contributed by atoms with Crippen LogP contribution in [0.25, 0.3) is 0 Å². The van der Waals surface area contributed by atoms with Crippen LogP contribution in [0.5, 0.6) is 0 Å². The molecule has 20 heavy (non-hydrogen) atoms. The van der Waals surface area contributed by atoms with Crippen molar-refractivity contribution >= 4 is 34.5 Å². The molecule has 0 fully saturated rings. The van der Waals surface area contributed by atoms with Crippen molar-refractivity contribution in [2.45, 2.75) is 6.42 Å². The maximum atomic E-state index is 12.8. The van der Waals surface area contributed by atoms with Crippen LogP contribution in [0.15, 0.2) is 42.5 Å². The van der Waals surface area contributed by atoms with E-state index in [2.05, 4.69) is 5.32 Å². The predicted molar refractivity (Wildman–Crippen MR) is 85.9 cm³/mol. The second-order valence-corrected chi connectivity index (χ2v) is 5.23. The van der Waals surface area contributed by atoms with Crippen LogP contribution in [0.4, 0.5) is 10.1 Å². The van der Waals surface area contributed by atoms with E-state index in [4.69, 9.17) is 29.6 Å². The molecule has 0 unspecified atom stereocenters. The van der Waals surface area contributed by atoms with Crippen molar-refractivity contribution in [1.82, 2.24) is 0 Å². The van der Waals surface area contributed by atoms with E-state index >= 15 is 0 Å². The highest BCUT2D eigenvalue weighted by molar-refractivity contribution is 7.80. The van der Waals surface area contributed by atoms with Crippen LogP contribution in [-0.4, -0.2) is 11.5 Å². The molecule has 0 atom stereocenters. The number of rotatable bonds is 5. The minimum atomic E-state index is -0.229. The van der Waals surface area contributed by atoms with E-state index < -0.39 is 0 Å². The van der Waals surface area contributed by atoms with Gasteiger partial charge in [-0.3, -0.25) is 0 Å². The molecule has 2 rings (SSSR count). The quantitative estimate of drug-likeness (QED) is 0.826. The monoisotopic (exact) mass is 308 g/mol. The molecule has 0 heterocycles. The van der Waals surface area contributed by atoms with Crippen molar-refractivity contribution in [2.75, 3.05) is 11.9 Å². The van der Waals surface area contributed by atoms with E-state index in [-0.39, 0.29) is 5.82 Å². The van der Waals surface area contributed by atoms with Gasteiger partial charge in [0.25, 0.3) is 0 Å². The third-order valence-corrected chi connectivity index (χ3v) is 3.34. The van der Waals surface area contributed by atoms with Crippen molar-refractivity contribution in [3.05, 3.63) is 64.4 Å². The molecule has 0 bridgehead atoms. The van der Waals surface area contributed by atoms with Gasteiger partial charge in [-0.2, -0.15) is 0 Å². The zero-order chi connectivity index (χ0) is 14.5. The Hall–Kier alpha value is -1.65. The van der Waals surface area contributed by atoms with Crippen LogP contribution >= 0.6 is 23.8 Å². The highest BCUT2D eigenvalue weighted by Gasteiger charge is 2.05. The zero-order valence-electron chi connectivity index (χ0n) is 10.7. The number of benzene rings is 2. The average molecular weight is 309 g/mol. The lowest BCUT2D eigenvalue weighted by Crippen LogP contribution is -2.14. The van der Waals surface area contributed by atoms with E-state index in [1.807, 2.05) is 0 Å². The first-order chi connectivity index (χ1) is 9.56. The van der Waals surface area contributed by atoms with Gasteiger partial charge < -0.3 is 11.1 Å². The summed E-state index contributed by atoms with van der Waals surface area (Å²) < 4.78 is 12.8. The Morgan fingerprint density at radius 2 is 1.90 bits per heavy atom. The number of hydrogen-bond donors (Lipinski definition) is 2. The van der Waals surface area contributed by atoms with Gasteiger partial charge in [0.1, 0.15) is 10.8 Å². The minimum Gasteiger partial charge on any atom is -0.389 e. The number of nitrogens with two attached hydrogens (primary N) is 1. The van der Waals surface area contributed by atoms with Gasteiger partial charge in [-0.05, 0) is 42.3 Å². The molecular weight excluding hydrogens is 295 g/mol. The Morgan fingerprint density at radius 3 is 2.55 bits per heavy atom. The van der Waals surface area contributed by atoms with E-state index in [9.17, 15) is 4.39 Å². The molecule has 0 aromatic heterocycles. The van der Waals surface area contributed by atoms with Crippen molar-refractivity contribution in [3.8, 4) is 0 Å². The number of thiocarbonyl (C=S) groups is 1. The minimum absolute atomic E-state index is 0.229. The van der Waals surface area contributed by atoms with Gasteiger partial charge in [-0.1, -0.05) is 36.0 Å².